The number of carbonyl (C=O) groups is 1. The molecule has 0 aliphatic heterocycles. The second kappa shape index (κ2) is 4.80. The van der Waals surface area contributed by atoms with Gasteiger partial charge in [-0.1, -0.05) is 11.6 Å². The minimum absolute atomic E-state index is 0.120. The van der Waals surface area contributed by atoms with Crippen LogP contribution in [0.25, 0.3) is 0 Å². The van der Waals surface area contributed by atoms with Crippen LogP contribution < -0.4 is 0 Å². The Kier molecular flexibility index (Phi) is 3.96. The number of halogens is 2. The molecule has 0 saturated heterocycles. The largest absolute Gasteiger partial charge is 0.459 e. The fourth-order valence-corrected chi connectivity index (χ4v) is 1.78. The van der Waals surface area contributed by atoms with Gasteiger partial charge in [0.25, 0.3) is 0 Å². The van der Waals surface area contributed by atoms with Crippen molar-refractivity contribution >= 4 is 33.5 Å². The van der Waals surface area contributed by atoms with Crippen LogP contribution in [0.3, 0.4) is 0 Å². The van der Waals surface area contributed by atoms with Crippen molar-refractivity contribution in [3.63, 3.8) is 0 Å². The van der Waals surface area contributed by atoms with Crippen molar-refractivity contribution in [2.45, 2.75) is 20.0 Å². The Morgan fingerprint density at radius 2 is 2.14 bits per heavy atom. The maximum atomic E-state index is 11.5. The lowest BCUT2D eigenvalue weighted by atomic mass is 10.2. The lowest BCUT2D eigenvalue weighted by Crippen LogP contribution is -2.11. The molecule has 0 atom stereocenters. The molecule has 0 unspecified atom stereocenters. The van der Waals surface area contributed by atoms with Crippen LogP contribution in [0.1, 0.15) is 24.2 Å². The van der Waals surface area contributed by atoms with E-state index in [-0.39, 0.29) is 12.1 Å². The van der Waals surface area contributed by atoms with Crippen molar-refractivity contribution in [1.29, 1.82) is 0 Å². The van der Waals surface area contributed by atoms with Crippen LogP contribution in [0.4, 0.5) is 0 Å². The zero-order valence-electron chi connectivity index (χ0n) is 7.88. The molecule has 0 bridgehead atoms. The van der Waals surface area contributed by atoms with Gasteiger partial charge < -0.3 is 4.74 Å². The Labute approximate surface area is 96.3 Å². The highest BCUT2D eigenvalue weighted by atomic mass is 79.9. The predicted octanol–water partition coefficient (Wildman–Crippen LogP) is 3.67. The highest BCUT2D eigenvalue weighted by Gasteiger charge is 2.12. The molecular formula is C10H10BrClO2. The number of rotatable bonds is 2. The van der Waals surface area contributed by atoms with E-state index in [4.69, 9.17) is 16.3 Å². The molecule has 2 nitrogen and oxygen atoms in total. The Hall–Kier alpha value is -0.540. The summed E-state index contributed by atoms with van der Waals surface area (Å²) in [5.74, 6) is -0.344. The van der Waals surface area contributed by atoms with Crippen molar-refractivity contribution in [3.8, 4) is 0 Å². The second-order valence-electron chi connectivity index (χ2n) is 3.08. The maximum absolute atomic E-state index is 11.5. The third-order valence-electron chi connectivity index (χ3n) is 1.49. The summed E-state index contributed by atoms with van der Waals surface area (Å²) in [6, 6.07) is 4.96. The smallest absolute Gasteiger partial charge is 0.339 e. The van der Waals surface area contributed by atoms with E-state index in [0.29, 0.717) is 15.1 Å². The molecular weight excluding hydrogens is 267 g/mol. The summed E-state index contributed by atoms with van der Waals surface area (Å²) in [6.45, 7) is 3.61. The van der Waals surface area contributed by atoms with E-state index in [1.807, 2.05) is 13.8 Å². The molecule has 1 rings (SSSR count). The molecule has 0 spiro atoms. The van der Waals surface area contributed by atoms with Gasteiger partial charge >= 0.3 is 5.97 Å². The standard InChI is InChI=1S/C10H10BrClO2/c1-6(2)14-10(13)8-4-3-7(12)5-9(8)11/h3-6H,1-2H3. The zero-order valence-corrected chi connectivity index (χ0v) is 10.2. The van der Waals surface area contributed by atoms with Crippen LogP contribution >= 0.6 is 27.5 Å². The molecule has 0 N–H and O–H groups in total. The molecule has 0 aliphatic rings. The third-order valence-corrected chi connectivity index (χ3v) is 2.38. The van der Waals surface area contributed by atoms with Crippen molar-refractivity contribution in [2.24, 2.45) is 0 Å². The number of esters is 1. The van der Waals surface area contributed by atoms with E-state index in [2.05, 4.69) is 15.9 Å². The van der Waals surface area contributed by atoms with Crippen molar-refractivity contribution in [2.75, 3.05) is 0 Å². The molecule has 1 aromatic rings. The average Bonchev–Trinajstić information content (AvgIpc) is 2.01. The first-order valence-corrected chi connectivity index (χ1v) is 5.34. The number of hydrogen-bond donors (Lipinski definition) is 0. The van der Waals surface area contributed by atoms with Crippen LogP contribution in [-0.2, 0) is 4.74 Å². The summed E-state index contributed by atoms with van der Waals surface area (Å²) in [5.41, 5.74) is 0.489. The highest BCUT2D eigenvalue weighted by Crippen LogP contribution is 2.22. The SMILES string of the molecule is CC(C)OC(=O)c1ccc(Cl)cc1Br. The van der Waals surface area contributed by atoms with Gasteiger partial charge in [0, 0.05) is 9.50 Å². The van der Waals surface area contributed by atoms with Gasteiger partial charge in [-0.2, -0.15) is 0 Å². The van der Waals surface area contributed by atoms with Gasteiger partial charge in [0.2, 0.25) is 0 Å². The van der Waals surface area contributed by atoms with Gasteiger partial charge in [-0.15, -0.1) is 0 Å². The van der Waals surface area contributed by atoms with Crippen LogP contribution in [0.2, 0.25) is 5.02 Å². The third kappa shape index (κ3) is 3.00. The Bertz CT molecular complexity index is 350. The molecule has 0 aliphatic carbocycles. The lowest BCUT2D eigenvalue weighted by Gasteiger charge is -2.08. The van der Waals surface area contributed by atoms with Crippen LogP contribution in [0, 0.1) is 0 Å². The molecule has 0 radical (unpaired) electrons. The van der Waals surface area contributed by atoms with Crippen molar-refractivity contribution in [3.05, 3.63) is 33.3 Å². The predicted molar refractivity (Wildman–Crippen MR) is 59.7 cm³/mol. The van der Waals surface area contributed by atoms with Gasteiger partial charge in [0.05, 0.1) is 11.7 Å². The number of hydrogen-bond acceptors (Lipinski definition) is 2. The minimum atomic E-state index is -0.344. The Morgan fingerprint density at radius 3 is 2.64 bits per heavy atom. The van der Waals surface area contributed by atoms with Crippen molar-refractivity contribution in [1.82, 2.24) is 0 Å². The van der Waals surface area contributed by atoms with E-state index in [1.54, 1.807) is 18.2 Å². The average molecular weight is 278 g/mol. The molecule has 0 amide bonds. The highest BCUT2D eigenvalue weighted by molar-refractivity contribution is 9.10. The first kappa shape index (κ1) is 11.5. The van der Waals surface area contributed by atoms with Gasteiger partial charge in [0.1, 0.15) is 0 Å². The van der Waals surface area contributed by atoms with Crippen LogP contribution in [0.5, 0.6) is 0 Å². The second-order valence-corrected chi connectivity index (χ2v) is 4.37. The fourth-order valence-electron chi connectivity index (χ4n) is 0.933. The normalized spacial score (nSPS) is 10.4. The molecule has 0 saturated carbocycles. The summed E-state index contributed by atoms with van der Waals surface area (Å²) in [6.07, 6.45) is -0.120. The van der Waals surface area contributed by atoms with Gasteiger partial charge in [-0.05, 0) is 48.0 Å². The van der Waals surface area contributed by atoms with Crippen molar-refractivity contribution < 1.29 is 9.53 Å². The Morgan fingerprint density at radius 1 is 1.50 bits per heavy atom. The molecule has 0 fully saturated rings. The first-order valence-electron chi connectivity index (χ1n) is 4.16. The van der Waals surface area contributed by atoms with Crippen LogP contribution in [-0.4, -0.2) is 12.1 Å². The number of benzene rings is 1. The number of carbonyl (C=O) groups excluding carboxylic acids is 1. The fraction of sp³-hybridized carbons (Fsp3) is 0.300. The molecule has 0 heterocycles. The van der Waals surface area contributed by atoms with E-state index < -0.39 is 0 Å². The first-order chi connectivity index (χ1) is 6.50. The monoisotopic (exact) mass is 276 g/mol. The molecule has 14 heavy (non-hydrogen) atoms. The van der Waals surface area contributed by atoms with Gasteiger partial charge in [0.15, 0.2) is 0 Å². The van der Waals surface area contributed by atoms with Crippen LogP contribution in [0.15, 0.2) is 22.7 Å². The summed E-state index contributed by atoms with van der Waals surface area (Å²) >= 11 is 9.00. The van der Waals surface area contributed by atoms with Gasteiger partial charge in [-0.3, -0.25) is 0 Å². The van der Waals surface area contributed by atoms with Gasteiger partial charge in [-0.25, -0.2) is 4.79 Å². The lowest BCUT2D eigenvalue weighted by molar-refractivity contribution is 0.0377. The van der Waals surface area contributed by atoms with E-state index in [0.717, 1.165) is 0 Å². The molecule has 0 aromatic heterocycles. The summed E-state index contributed by atoms with van der Waals surface area (Å²) in [4.78, 5) is 11.5. The molecule has 76 valence electrons. The number of ether oxygens (including phenoxy) is 1. The Balaban J connectivity index is 2.90. The van der Waals surface area contributed by atoms with E-state index >= 15 is 0 Å². The van der Waals surface area contributed by atoms with E-state index in [9.17, 15) is 4.79 Å². The molecule has 1 aromatic carbocycles. The topological polar surface area (TPSA) is 26.3 Å². The quantitative estimate of drug-likeness (QED) is 0.771. The minimum Gasteiger partial charge on any atom is -0.459 e. The molecule has 4 heteroatoms. The summed E-state index contributed by atoms with van der Waals surface area (Å²) in [5, 5.41) is 0.581. The maximum Gasteiger partial charge on any atom is 0.339 e. The summed E-state index contributed by atoms with van der Waals surface area (Å²) < 4.78 is 5.69. The van der Waals surface area contributed by atoms with E-state index in [1.165, 1.54) is 0 Å². The summed E-state index contributed by atoms with van der Waals surface area (Å²) in [7, 11) is 0. The zero-order chi connectivity index (χ0) is 10.7.